The van der Waals surface area contributed by atoms with Crippen LogP contribution in [0.4, 0.5) is 5.69 Å². The van der Waals surface area contributed by atoms with E-state index in [-0.39, 0.29) is 0 Å². The number of rotatable bonds is 6. The minimum Gasteiger partial charge on any atom is -0.384 e. The highest BCUT2D eigenvalue weighted by molar-refractivity contribution is 5.51. The molecule has 0 saturated carbocycles. The average molecular weight is 290 g/mol. The molecule has 21 heavy (non-hydrogen) atoms. The summed E-state index contributed by atoms with van der Waals surface area (Å²) >= 11 is 0. The van der Waals surface area contributed by atoms with Crippen LogP contribution in [-0.2, 0) is 11.2 Å². The first-order valence-electron chi connectivity index (χ1n) is 8.28. The molecule has 1 unspecified atom stereocenters. The molecule has 3 heteroatoms. The van der Waals surface area contributed by atoms with Gasteiger partial charge in [0.05, 0.1) is 6.61 Å². The van der Waals surface area contributed by atoms with Gasteiger partial charge in [0.2, 0.25) is 0 Å². The molecule has 1 heterocycles. The molecule has 1 aromatic carbocycles. The molecule has 0 amide bonds. The van der Waals surface area contributed by atoms with E-state index in [9.17, 15) is 0 Å². The summed E-state index contributed by atoms with van der Waals surface area (Å²) in [5.41, 5.74) is 2.65. The molecule has 0 spiro atoms. The van der Waals surface area contributed by atoms with Crippen LogP contribution in [0.5, 0.6) is 0 Å². The highest BCUT2D eigenvalue weighted by Crippen LogP contribution is 2.21. The van der Waals surface area contributed by atoms with Crippen molar-refractivity contribution in [2.24, 2.45) is 0 Å². The summed E-state index contributed by atoms with van der Waals surface area (Å²) in [6, 6.07) is 9.91. The van der Waals surface area contributed by atoms with Crippen LogP contribution in [0.15, 0.2) is 24.3 Å². The largest absolute Gasteiger partial charge is 0.384 e. The van der Waals surface area contributed by atoms with Gasteiger partial charge in [0, 0.05) is 31.4 Å². The molecule has 1 saturated heterocycles. The van der Waals surface area contributed by atoms with Crippen LogP contribution in [0.2, 0.25) is 0 Å². The van der Waals surface area contributed by atoms with Crippen molar-refractivity contribution in [2.45, 2.75) is 51.6 Å². The van der Waals surface area contributed by atoms with Crippen LogP contribution >= 0.6 is 0 Å². The SMILES string of the molecule is COCCc1ccccc1NC1CCCN(C(C)C)CC1. The molecule has 0 aromatic heterocycles. The maximum Gasteiger partial charge on any atom is 0.0503 e. The van der Waals surface area contributed by atoms with Gasteiger partial charge < -0.3 is 15.0 Å². The van der Waals surface area contributed by atoms with Gasteiger partial charge in [-0.05, 0) is 57.7 Å². The Labute approximate surface area is 129 Å². The molecule has 1 fully saturated rings. The summed E-state index contributed by atoms with van der Waals surface area (Å²) in [5.74, 6) is 0. The maximum absolute atomic E-state index is 5.22. The van der Waals surface area contributed by atoms with Gasteiger partial charge in [0.1, 0.15) is 0 Å². The Bertz CT molecular complexity index is 419. The lowest BCUT2D eigenvalue weighted by Crippen LogP contribution is -2.32. The topological polar surface area (TPSA) is 24.5 Å². The van der Waals surface area contributed by atoms with Crippen molar-refractivity contribution < 1.29 is 4.74 Å². The van der Waals surface area contributed by atoms with Crippen molar-refractivity contribution in [3.63, 3.8) is 0 Å². The van der Waals surface area contributed by atoms with Gasteiger partial charge in [-0.3, -0.25) is 0 Å². The Balaban J connectivity index is 1.95. The summed E-state index contributed by atoms with van der Waals surface area (Å²) in [6.07, 6.45) is 4.76. The minimum atomic E-state index is 0.595. The van der Waals surface area contributed by atoms with Gasteiger partial charge in [0.15, 0.2) is 0 Å². The lowest BCUT2D eigenvalue weighted by Gasteiger charge is -2.24. The van der Waals surface area contributed by atoms with Crippen molar-refractivity contribution in [1.29, 1.82) is 0 Å². The first kappa shape index (κ1) is 16.3. The zero-order valence-corrected chi connectivity index (χ0v) is 13.8. The highest BCUT2D eigenvalue weighted by atomic mass is 16.5. The molecule has 0 aliphatic carbocycles. The number of ether oxygens (including phenoxy) is 1. The second-order valence-corrected chi connectivity index (χ2v) is 6.30. The fourth-order valence-corrected chi connectivity index (χ4v) is 3.09. The molecule has 1 atom stereocenters. The molecule has 0 bridgehead atoms. The smallest absolute Gasteiger partial charge is 0.0503 e. The molecule has 118 valence electrons. The van der Waals surface area contributed by atoms with Gasteiger partial charge in [-0.25, -0.2) is 0 Å². The number of anilines is 1. The number of nitrogens with one attached hydrogen (secondary N) is 1. The minimum absolute atomic E-state index is 0.595. The third kappa shape index (κ3) is 5.01. The van der Waals surface area contributed by atoms with E-state index < -0.39 is 0 Å². The first-order chi connectivity index (χ1) is 10.2. The van der Waals surface area contributed by atoms with Gasteiger partial charge in [-0.15, -0.1) is 0 Å². The summed E-state index contributed by atoms with van der Waals surface area (Å²) in [7, 11) is 1.77. The highest BCUT2D eigenvalue weighted by Gasteiger charge is 2.19. The number of nitrogens with zero attached hydrogens (tertiary/aromatic N) is 1. The number of hydrogen-bond donors (Lipinski definition) is 1. The quantitative estimate of drug-likeness (QED) is 0.867. The molecule has 1 aliphatic rings. The number of benzene rings is 1. The van der Waals surface area contributed by atoms with Gasteiger partial charge in [-0.2, -0.15) is 0 Å². The zero-order chi connectivity index (χ0) is 15.1. The predicted molar refractivity (Wildman–Crippen MR) is 90.0 cm³/mol. The van der Waals surface area contributed by atoms with Crippen LogP contribution in [0.25, 0.3) is 0 Å². The molecule has 1 aromatic rings. The van der Waals surface area contributed by atoms with Crippen LogP contribution in [0.3, 0.4) is 0 Å². The first-order valence-corrected chi connectivity index (χ1v) is 8.28. The van der Waals surface area contributed by atoms with Crippen LogP contribution in [-0.4, -0.2) is 43.8 Å². The van der Waals surface area contributed by atoms with Crippen LogP contribution < -0.4 is 5.32 Å². The fourth-order valence-electron chi connectivity index (χ4n) is 3.09. The summed E-state index contributed by atoms with van der Waals surface area (Å²) in [6.45, 7) is 7.82. The van der Waals surface area contributed by atoms with Crippen molar-refractivity contribution in [2.75, 3.05) is 32.1 Å². The molecule has 2 rings (SSSR count). The second-order valence-electron chi connectivity index (χ2n) is 6.30. The van der Waals surface area contributed by atoms with Gasteiger partial charge in [-0.1, -0.05) is 18.2 Å². The van der Waals surface area contributed by atoms with E-state index in [1.807, 2.05) is 0 Å². The van der Waals surface area contributed by atoms with Crippen molar-refractivity contribution >= 4 is 5.69 Å². The van der Waals surface area contributed by atoms with E-state index in [1.54, 1.807) is 7.11 Å². The van der Waals surface area contributed by atoms with E-state index in [0.717, 1.165) is 13.0 Å². The normalized spacial score (nSPS) is 20.5. The Morgan fingerprint density at radius 2 is 2.05 bits per heavy atom. The molecule has 1 N–H and O–H groups in total. The van der Waals surface area contributed by atoms with Crippen molar-refractivity contribution in [3.8, 4) is 0 Å². The second kappa shape index (κ2) is 8.40. The van der Waals surface area contributed by atoms with Crippen molar-refractivity contribution in [1.82, 2.24) is 4.90 Å². The standard InChI is InChI=1S/C18H30N2O/c1-15(2)20-12-6-8-17(10-13-20)19-18-9-5-4-7-16(18)11-14-21-3/h4-5,7,9,15,17,19H,6,8,10-14H2,1-3H3. The Morgan fingerprint density at radius 1 is 1.24 bits per heavy atom. The molecular weight excluding hydrogens is 260 g/mol. The monoisotopic (exact) mass is 290 g/mol. The summed E-state index contributed by atoms with van der Waals surface area (Å²) in [4.78, 5) is 2.60. The fraction of sp³-hybridized carbons (Fsp3) is 0.667. The molecule has 3 nitrogen and oxygen atoms in total. The van der Waals surface area contributed by atoms with E-state index in [2.05, 4.69) is 48.3 Å². The summed E-state index contributed by atoms with van der Waals surface area (Å²) < 4.78 is 5.22. The Morgan fingerprint density at radius 3 is 2.81 bits per heavy atom. The zero-order valence-electron chi connectivity index (χ0n) is 13.8. The molecule has 1 aliphatic heterocycles. The number of hydrogen-bond acceptors (Lipinski definition) is 3. The third-order valence-corrected chi connectivity index (χ3v) is 4.45. The Hall–Kier alpha value is -1.06. The lowest BCUT2D eigenvalue weighted by molar-refractivity contribution is 0.202. The van der Waals surface area contributed by atoms with Crippen LogP contribution in [0.1, 0.15) is 38.7 Å². The maximum atomic E-state index is 5.22. The Kier molecular flexibility index (Phi) is 6.52. The third-order valence-electron chi connectivity index (χ3n) is 4.45. The number of likely N-dealkylation sites (tertiary alicyclic amines) is 1. The van der Waals surface area contributed by atoms with E-state index >= 15 is 0 Å². The molecule has 0 radical (unpaired) electrons. The summed E-state index contributed by atoms with van der Waals surface area (Å²) in [5, 5.41) is 3.78. The van der Waals surface area contributed by atoms with E-state index in [1.165, 1.54) is 43.6 Å². The van der Waals surface area contributed by atoms with Crippen molar-refractivity contribution in [3.05, 3.63) is 29.8 Å². The van der Waals surface area contributed by atoms with E-state index in [0.29, 0.717) is 12.1 Å². The number of methoxy groups -OCH3 is 1. The predicted octanol–water partition coefficient (Wildman–Crippen LogP) is 3.55. The van der Waals surface area contributed by atoms with Crippen LogP contribution in [0, 0.1) is 0 Å². The van der Waals surface area contributed by atoms with Gasteiger partial charge >= 0.3 is 0 Å². The lowest BCUT2D eigenvalue weighted by atomic mass is 10.1. The van der Waals surface area contributed by atoms with E-state index in [4.69, 9.17) is 4.74 Å². The molecular formula is C18H30N2O. The van der Waals surface area contributed by atoms with Gasteiger partial charge in [0.25, 0.3) is 0 Å². The number of para-hydroxylation sites is 1. The average Bonchev–Trinajstić information content (AvgIpc) is 2.72.